The second-order valence-electron chi connectivity index (χ2n) is 6.17. The number of anilines is 3. The predicted octanol–water partition coefficient (Wildman–Crippen LogP) is 6.59. The number of hydrogen-bond donors (Lipinski definition) is 0. The summed E-state index contributed by atoms with van der Waals surface area (Å²) in [5.41, 5.74) is 6.38. The number of benzene rings is 3. The van der Waals surface area contributed by atoms with Gasteiger partial charge in [-0.1, -0.05) is 62.4 Å². The van der Waals surface area contributed by atoms with Crippen LogP contribution in [0, 0.1) is 6.92 Å². The van der Waals surface area contributed by atoms with E-state index >= 15 is 0 Å². The molecule has 0 heterocycles. The van der Waals surface area contributed by atoms with Gasteiger partial charge in [-0.2, -0.15) is 0 Å². The second kappa shape index (κ2) is 6.70. The Kier molecular flexibility index (Phi) is 4.47. The van der Waals surface area contributed by atoms with E-state index in [0.29, 0.717) is 5.92 Å². The van der Waals surface area contributed by atoms with Crippen LogP contribution in [0.5, 0.6) is 0 Å². The molecule has 0 atom stereocenters. The minimum absolute atomic E-state index is 0.473. The van der Waals surface area contributed by atoms with Gasteiger partial charge in [-0.3, -0.25) is 0 Å². The molecule has 0 unspecified atom stereocenters. The smallest absolute Gasteiger partial charge is 0.0498 e. The standard InChI is InChI=1S/C22H23N/c1-17(2)22-18(3)11-10-16-21(22)23(19-12-6-4-7-13-19)20-14-8-5-9-15-20/h4-17H,1-3H3. The van der Waals surface area contributed by atoms with Crippen LogP contribution in [0.25, 0.3) is 0 Å². The molecule has 0 fully saturated rings. The van der Waals surface area contributed by atoms with Gasteiger partial charge in [0, 0.05) is 17.1 Å². The molecule has 0 saturated carbocycles. The summed E-state index contributed by atoms with van der Waals surface area (Å²) in [7, 11) is 0. The van der Waals surface area contributed by atoms with Crippen molar-refractivity contribution in [2.45, 2.75) is 26.7 Å². The van der Waals surface area contributed by atoms with Gasteiger partial charge in [-0.15, -0.1) is 0 Å². The molecule has 3 rings (SSSR count). The minimum atomic E-state index is 0.473. The monoisotopic (exact) mass is 301 g/mol. The third kappa shape index (κ3) is 3.14. The number of aryl methyl sites for hydroxylation is 1. The summed E-state index contributed by atoms with van der Waals surface area (Å²) in [6.07, 6.45) is 0. The van der Waals surface area contributed by atoms with E-state index in [1.807, 2.05) is 0 Å². The molecule has 3 aromatic carbocycles. The van der Waals surface area contributed by atoms with Crippen LogP contribution in [-0.4, -0.2) is 0 Å². The molecule has 0 aliphatic heterocycles. The first-order chi connectivity index (χ1) is 11.2. The van der Waals surface area contributed by atoms with Gasteiger partial charge in [0.15, 0.2) is 0 Å². The number of para-hydroxylation sites is 2. The Morgan fingerprint density at radius 3 is 1.65 bits per heavy atom. The zero-order valence-corrected chi connectivity index (χ0v) is 14.0. The van der Waals surface area contributed by atoms with E-state index in [2.05, 4.69) is 105 Å². The highest BCUT2D eigenvalue weighted by atomic mass is 15.1. The molecule has 1 heteroatoms. The van der Waals surface area contributed by atoms with E-state index in [1.165, 1.54) is 28.2 Å². The van der Waals surface area contributed by atoms with Crippen LogP contribution < -0.4 is 4.90 Å². The van der Waals surface area contributed by atoms with Crippen molar-refractivity contribution < 1.29 is 0 Å². The summed E-state index contributed by atoms with van der Waals surface area (Å²) in [6, 6.07) is 27.7. The Bertz CT molecular complexity index is 721. The molecule has 0 radical (unpaired) electrons. The Morgan fingerprint density at radius 1 is 0.652 bits per heavy atom. The van der Waals surface area contributed by atoms with Crippen LogP contribution in [-0.2, 0) is 0 Å². The molecular formula is C22H23N. The quantitative estimate of drug-likeness (QED) is 0.525. The second-order valence-corrected chi connectivity index (χ2v) is 6.17. The molecule has 0 bridgehead atoms. The van der Waals surface area contributed by atoms with Gasteiger partial charge < -0.3 is 4.90 Å². The lowest BCUT2D eigenvalue weighted by atomic mass is 9.94. The van der Waals surface area contributed by atoms with E-state index in [4.69, 9.17) is 0 Å². The highest BCUT2D eigenvalue weighted by molar-refractivity contribution is 5.79. The summed E-state index contributed by atoms with van der Waals surface area (Å²) in [5, 5.41) is 0. The van der Waals surface area contributed by atoms with E-state index in [1.54, 1.807) is 0 Å². The highest BCUT2D eigenvalue weighted by Gasteiger charge is 2.18. The maximum atomic E-state index is 2.35. The third-order valence-electron chi connectivity index (χ3n) is 4.15. The van der Waals surface area contributed by atoms with Crippen molar-refractivity contribution in [3.05, 3.63) is 90.0 Å². The summed E-state index contributed by atoms with van der Waals surface area (Å²) in [5.74, 6) is 0.473. The minimum Gasteiger partial charge on any atom is -0.310 e. The van der Waals surface area contributed by atoms with Crippen LogP contribution in [0.15, 0.2) is 78.9 Å². The van der Waals surface area contributed by atoms with Crippen LogP contribution in [0.4, 0.5) is 17.1 Å². The van der Waals surface area contributed by atoms with Crippen LogP contribution >= 0.6 is 0 Å². The van der Waals surface area contributed by atoms with Gasteiger partial charge in [-0.05, 0) is 54.3 Å². The Hall–Kier alpha value is -2.54. The van der Waals surface area contributed by atoms with Crippen molar-refractivity contribution in [3.8, 4) is 0 Å². The van der Waals surface area contributed by atoms with Crippen molar-refractivity contribution in [1.82, 2.24) is 0 Å². The largest absolute Gasteiger partial charge is 0.310 e. The molecule has 23 heavy (non-hydrogen) atoms. The fourth-order valence-electron chi connectivity index (χ4n) is 3.19. The van der Waals surface area contributed by atoms with E-state index < -0.39 is 0 Å². The predicted molar refractivity (Wildman–Crippen MR) is 100.0 cm³/mol. The van der Waals surface area contributed by atoms with E-state index in [0.717, 1.165) is 0 Å². The van der Waals surface area contributed by atoms with Crippen LogP contribution in [0.3, 0.4) is 0 Å². The maximum absolute atomic E-state index is 2.35. The van der Waals surface area contributed by atoms with Crippen molar-refractivity contribution in [1.29, 1.82) is 0 Å². The van der Waals surface area contributed by atoms with Crippen LogP contribution in [0.1, 0.15) is 30.9 Å². The lowest BCUT2D eigenvalue weighted by Gasteiger charge is -2.29. The lowest BCUT2D eigenvalue weighted by Crippen LogP contribution is -2.13. The summed E-state index contributed by atoms with van der Waals surface area (Å²) >= 11 is 0. The molecule has 116 valence electrons. The van der Waals surface area contributed by atoms with Gasteiger partial charge in [0.05, 0.1) is 0 Å². The summed E-state index contributed by atoms with van der Waals surface area (Å²) < 4.78 is 0. The first-order valence-electron chi connectivity index (χ1n) is 8.18. The molecular weight excluding hydrogens is 278 g/mol. The van der Waals surface area contributed by atoms with Gasteiger partial charge in [0.2, 0.25) is 0 Å². The normalized spacial score (nSPS) is 10.8. The van der Waals surface area contributed by atoms with Gasteiger partial charge in [0.25, 0.3) is 0 Å². The van der Waals surface area contributed by atoms with Crippen molar-refractivity contribution in [2.24, 2.45) is 0 Å². The number of nitrogens with zero attached hydrogens (tertiary/aromatic N) is 1. The Balaban J connectivity index is 2.24. The molecule has 0 amide bonds. The van der Waals surface area contributed by atoms with Gasteiger partial charge in [0.1, 0.15) is 0 Å². The van der Waals surface area contributed by atoms with Crippen molar-refractivity contribution in [2.75, 3.05) is 4.90 Å². The molecule has 0 aliphatic carbocycles. The molecule has 0 N–H and O–H groups in total. The Labute approximate surface area is 139 Å². The first kappa shape index (κ1) is 15.4. The molecule has 1 nitrogen and oxygen atoms in total. The van der Waals surface area contributed by atoms with Crippen molar-refractivity contribution in [3.63, 3.8) is 0 Å². The molecule has 0 aromatic heterocycles. The van der Waals surface area contributed by atoms with Crippen LogP contribution in [0.2, 0.25) is 0 Å². The SMILES string of the molecule is Cc1cccc(N(c2ccccc2)c2ccccc2)c1C(C)C. The zero-order chi connectivity index (χ0) is 16.2. The Morgan fingerprint density at radius 2 is 1.17 bits per heavy atom. The zero-order valence-electron chi connectivity index (χ0n) is 14.0. The maximum Gasteiger partial charge on any atom is 0.0498 e. The lowest BCUT2D eigenvalue weighted by molar-refractivity contribution is 0.854. The average molecular weight is 301 g/mol. The number of rotatable bonds is 4. The van der Waals surface area contributed by atoms with Gasteiger partial charge in [-0.25, -0.2) is 0 Å². The molecule has 0 aliphatic rings. The summed E-state index contributed by atoms with van der Waals surface area (Å²) in [6.45, 7) is 6.73. The molecule has 0 saturated heterocycles. The first-order valence-corrected chi connectivity index (χ1v) is 8.18. The highest BCUT2D eigenvalue weighted by Crippen LogP contribution is 2.39. The van der Waals surface area contributed by atoms with E-state index in [-0.39, 0.29) is 0 Å². The van der Waals surface area contributed by atoms with E-state index in [9.17, 15) is 0 Å². The fraction of sp³-hybridized carbons (Fsp3) is 0.182. The fourth-order valence-corrected chi connectivity index (χ4v) is 3.19. The summed E-state index contributed by atoms with van der Waals surface area (Å²) in [4.78, 5) is 2.35. The molecule has 0 spiro atoms. The average Bonchev–Trinajstić information content (AvgIpc) is 2.57. The third-order valence-corrected chi connectivity index (χ3v) is 4.15. The topological polar surface area (TPSA) is 3.24 Å². The number of hydrogen-bond acceptors (Lipinski definition) is 1. The van der Waals surface area contributed by atoms with Crippen molar-refractivity contribution >= 4 is 17.1 Å². The van der Waals surface area contributed by atoms with Gasteiger partial charge >= 0.3 is 0 Å². The molecule has 3 aromatic rings.